The van der Waals surface area contributed by atoms with Gasteiger partial charge in [-0.25, -0.2) is 0 Å². The average molecular weight is 428 g/mol. The summed E-state index contributed by atoms with van der Waals surface area (Å²) in [4.78, 5) is 1.27. The van der Waals surface area contributed by atoms with Gasteiger partial charge in [0.2, 0.25) is 0 Å². The summed E-state index contributed by atoms with van der Waals surface area (Å²) >= 11 is 14.0. The van der Waals surface area contributed by atoms with Crippen molar-refractivity contribution in [2.24, 2.45) is 0 Å². The predicted octanol–water partition coefficient (Wildman–Crippen LogP) is 5.75. The maximum atomic E-state index is 6.50. The summed E-state index contributed by atoms with van der Waals surface area (Å²) in [6.45, 7) is 2.11. The molecule has 0 radical (unpaired) electrons. The van der Waals surface area contributed by atoms with E-state index in [-0.39, 0.29) is 5.38 Å². The van der Waals surface area contributed by atoms with Crippen molar-refractivity contribution in [2.75, 3.05) is 0 Å². The summed E-state index contributed by atoms with van der Waals surface area (Å²) in [6.07, 6.45) is 0. The lowest BCUT2D eigenvalue weighted by atomic mass is 10.1. The van der Waals surface area contributed by atoms with Gasteiger partial charge in [0.05, 0.1) is 9.16 Å². The Kier molecular flexibility index (Phi) is 4.32. The highest BCUT2D eigenvalue weighted by Gasteiger charge is 2.15. The zero-order valence-corrected chi connectivity index (χ0v) is 13.8. The van der Waals surface area contributed by atoms with Crippen LogP contribution in [0.1, 0.15) is 21.4 Å². The summed E-state index contributed by atoms with van der Waals surface area (Å²) in [5, 5.41) is -0.0581. The molecule has 0 amide bonds. The van der Waals surface area contributed by atoms with E-state index in [4.69, 9.17) is 11.6 Å². The largest absolute Gasteiger partial charge is 0.133 e. The van der Waals surface area contributed by atoms with Crippen LogP contribution in [0.3, 0.4) is 0 Å². The number of alkyl halides is 1. The second-order valence-electron chi connectivity index (χ2n) is 3.48. The van der Waals surface area contributed by atoms with Gasteiger partial charge < -0.3 is 0 Å². The molecule has 1 aromatic heterocycles. The number of rotatable bonds is 2. The van der Waals surface area contributed by atoms with Crippen LogP contribution in [0.25, 0.3) is 0 Å². The van der Waals surface area contributed by atoms with Gasteiger partial charge in [0.1, 0.15) is 0 Å². The Hall–Kier alpha value is 0.420. The molecule has 1 heterocycles. The van der Waals surface area contributed by atoms with Crippen molar-refractivity contribution in [1.82, 2.24) is 0 Å². The van der Waals surface area contributed by atoms with E-state index in [9.17, 15) is 0 Å². The van der Waals surface area contributed by atoms with Gasteiger partial charge in [0, 0.05) is 8.45 Å². The van der Waals surface area contributed by atoms with Crippen LogP contribution in [-0.4, -0.2) is 0 Å². The molecule has 1 aromatic carbocycles. The van der Waals surface area contributed by atoms with E-state index < -0.39 is 0 Å². The second-order valence-corrected chi connectivity index (χ2v) is 7.80. The van der Waals surface area contributed by atoms with Crippen molar-refractivity contribution in [3.8, 4) is 0 Å². The third kappa shape index (κ3) is 2.81. The SMILES string of the molecule is Cc1sc(Br)cc1C(Cl)c1cccc(I)c1. The van der Waals surface area contributed by atoms with E-state index in [1.165, 1.54) is 14.0 Å². The van der Waals surface area contributed by atoms with Gasteiger partial charge in [-0.05, 0) is 74.8 Å². The Morgan fingerprint density at radius 1 is 1.38 bits per heavy atom. The highest BCUT2D eigenvalue weighted by molar-refractivity contribution is 14.1. The molecule has 0 nitrogen and oxygen atoms in total. The third-order valence-corrected chi connectivity index (χ3v) is 5.07. The molecule has 0 bridgehead atoms. The maximum absolute atomic E-state index is 6.50. The zero-order chi connectivity index (χ0) is 11.7. The second kappa shape index (κ2) is 5.38. The molecule has 1 unspecified atom stereocenters. The molecule has 0 saturated carbocycles. The van der Waals surface area contributed by atoms with Crippen molar-refractivity contribution in [3.05, 3.63) is 53.7 Å². The lowest BCUT2D eigenvalue weighted by Crippen LogP contribution is -1.93. The molecule has 84 valence electrons. The molecule has 0 N–H and O–H groups in total. The van der Waals surface area contributed by atoms with Crippen LogP contribution in [0.4, 0.5) is 0 Å². The molecule has 0 aliphatic heterocycles. The lowest BCUT2D eigenvalue weighted by molar-refractivity contribution is 1.13. The van der Waals surface area contributed by atoms with E-state index in [1.807, 2.05) is 6.07 Å². The molecule has 0 fully saturated rings. The molecule has 0 saturated heterocycles. The number of hydrogen-bond acceptors (Lipinski definition) is 1. The van der Waals surface area contributed by atoms with Gasteiger partial charge in [0.25, 0.3) is 0 Å². The van der Waals surface area contributed by atoms with Crippen LogP contribution < -0.4 is 0 Å². The van der Waals surface area contributed by atoms with Gasteiger partial charge in [0.15, 0.2) is 0 Å². The fourth-order valence-corrected chi connectivity index (χ4v) is 4.30. The molecule has 1 atom stereocenters. The first-order valence-corrected chi connectivity index (χ1v) is 7.86. The topological polar surface area (TPSA) is 0 Å². The minimum atomic E-state index is -0.0581. The predicted molar refractivity (Wildman–Crippen MR) is 83.6 cm³/mol. The van der Waals surface area contributed by atoms with Crippen LogP contribution in [-0.2, 0) is 0 Å². The monoisotopic (exact) mass is 426 g/mol. The third-order valence-electron chi connectivity index (χ3n) is 2.34. The molecule has 0 aliphatic rings. The van der Waals surface area contributed by atoms with Crippen LogP contribution in [0.15, 0.2) is 34.1 Å². The first-order valence-electron chi connectivity index (χ1n) is 4.73. The number of benzene rings is 1. The highest BCUT2D eigenvalue weighted by Crippen LogP contribution is 2.37. The minimum absolute atomic E-state index is 0.0581. The summed E-state index contributed by atoms with van der Waals surface area (Å²) in [6, 6.07) is 10.4. The van der Waals surface area contributed by atoms with Gasteiger partial charge in [-0.1, -0.05) is 12.1 Å². The fourth-order valence-electron chi connectivity index (χ4n) is 1.55. The van der Waals surface area contributed by atoms with E-state index in [0.29, 0.717) is 0 Å². The number of thiophene rings is 1. The molecule has 2 rings (SSSR count). The average Bonchev–Trinajstić information content (AvgIpc) is 2.57. The summed E-state index contributed by atoms with van der Waals surface area (Å²) in [5.41, 5.74) is 2.35. The number of halogens is 3. The van der Waals surface area contributed by atoms with Crippen molar-refractivity contribution in [1.29, 1.82) is 0 Å². The normalized spacial score (nSPS) is 12.8. The first-order chi connectivity index (χ1) is 7.58. The van der Waals surface area contributed by atoms with Crippen molar-refractivity contribution < 1.29 is 0 Å². The van der Waals surface area contributed by atoms with Crippen LogP contribution >= 0.6 is 61.5 Å². The molecular weight excluding hydrogens is 418 g/mol. The summed E-state index contributed by atoms with van der Waals surface area (Å²) < 4.78 is 2.35. The summed E-state index contributed by atoms with van der Waals surface area (Å²) in [5.74, 6) is 0. The number of hydrogen-bond donors (Lipinski definition) is 0. The highest BCUT2D eigenvalue weighted by atomic mass is 127. The Morgan fingerprint density at radius 3 is 2.69 bits per heavy atom. The summed E-state index contributed by atoms with van der Waals surface area (Å²) in [7, 11) is 0. The molecule has 2 aromatic rings. The number of aryl methyl sites for hydroxylation is 1. The standard InChI is InChI=1S/C12H9BrClIS/c1-7-10(6-11(13)16-7)12(14)8-3-2-4-9(15)5-8/h2-6,12H,1H3. The van der Waals surface area contributed by atoms with E-state index >= 15 is 0 Å². The fraction of sp³-hybridized carbons (Fsp3) is 0.167. The Morgan fingerprint density at radius 2 is 2.12 bits per heavy atom. The molecule has 0 spiro atoms. The molecule has 16 heavy (non-hydrogen) atoms. The van der Waals surface area contributed by atoms with Gasteiger partial charge in [-0.3, -0.25) is 0 Å². The van der Waals surface area contributed by atoms with Crippen molar-refractivity contribution in [3.63, 3.8) is 0 Å². The Balaban J connectivity index is 2.38. The Labute approximate surface area is 126 Å². The quantitative estimate of drug-likeness (QED) is 0.423. The maximum Gasteiger partial charge on any atom is 0.0846 e. The van der Waals surface area contributed by atoms with Gasteiger partial charge in [-0.2, -0.15) is 0 Å². The van der Waals surface area contributed by atoms with Crippen molar-refractivity contribution >= 4 is 61.5 Å². The molecule has 0 aliphatic carbocycles. The van der Waals surface area contributed by atoms with Crippen LogP contribution in [0.5, 0.6) is 0 Å². The Bertz CT molecular complexity index is 509. The lowest BCUT2D eigenvalue weighted by Gasteiger charge is -2.09. The minimum Gasteiger partial charge on any atom is -0.133 e. The van der Waals surface area contributed by atoms with Crippen LogP contribution in [0, 0.1) is 10.5 Å². The molecule has 4 heteroatoms. The van der Waals surface area contributed by atoms with E-state index in [0.717, 1.165) is 9.35 Å². The van der Waals surface area contributed by atoms with Crippen molar-refractivity contribution in [2.45, 2.75) is 12.3 Å². The zero-order valence-electron chi connectivity index (χ0n) is 8.51. The smallest absolute Gasteiger partial charge is 0.0846 e. The van der Waals surface area contributed by atoms with E-state index in [2.05, 4.69) is 69.7 Å². The van der Waals surface area contributed by atoms with Crippen LogP contribution in [0.2, 0.25) is 0 Å². The van der Waals surface area contributed by atoms with Gasteiger partial charge in [-0.15, -0.1) is 22.9 Å². The first kappa shape index (κ1) is 12.9. The van der Waals surface area contributed by atoms with E-state index in [1.54, 1.807) is 11.3 Å². The molecular formula is C12H9BrClIS. The van der Waals surface area contributed by atoms with Gasteiger partial charge >= 0.3 is 0 Å².